The molecule has 0 unspecified atom stereocenters. The number of anilines is 1. The van der Waals surface area contributed by atoms with E-state index in [0.717, 1.165) is 38.4 Å². The molecule has 3 rings (SSSR count). The molecule has 1 atom stereocenters. The molecule has 2 aromatic rings. The van der Waals surface area contributed by atoms with Crippen LogP contribution < -0.4 is 14.4 Å². The van der Waals surface area contributed by atoms with Gasteiger partial charge in [-0.3, -0.25) is 13.9 Å². The van der Waals surface area contributed by atoms with Gasteiger partial charge < -0.3 is 15.0 Å². The molecule has 2 amide bonds. The third-order valence-corrected chi connectivity index (χ3v) is 9.28. The second-order valence-electron chi connectivity index (χ2n) is 10.00. The number of nitrogens with one attached hydrogen (secondary N) is 1. The summed E-state index contributed by atoms with van der Waals surface area (Å²) in [5.41, 5.74) is 0.905. The summed E-state index contributed by atoms with van der Waals surface area (Å²) in [6.45, 7) is 1.76. The first kappa shape index (κ1) is 32.3. The number of rotatable bonds is 12. The Hall–Kier alpha value is -2.20. The van der Waals surface area contributed by atoms with Crippen LogP contribution in [-0.4, -0.2) is 57.1 Å². The molecule has 0 spiro atoms. The van der Waals surface area contributed by atoms with Gasteiger partial charge in [0.2, 0.25) is 21.8 Å². The van der Waals surface area contributed by atoms with Crippen LogP contribution in [0.5, 0.6) is 5.75 Å². The van der Waals surface area contributed by atoms with Gasteiger partial charge in [-0.25, -0.2) is 8.42 Å². The van der Waals surface area contributed by atoms with E-state index < -0.39 is 16.1 Å². The molecule has 12 heteroatoms. The van der Waals surface area contributed by atoms with Gasteiger partial charge in [-0.1, -0.05) is 60.1 Å². The quantitative estimate of drug-likeness (QED) is 0.307. The number of sulfonamides is 1. The van der Waals surface area contributed by atoms with Crippen molar-refractivity contribution in [3.05, 3.63) is 57.0 Å². The number of nitrogens with zero attached hydrogens (tertiary/aromatic N) is 2. The first-order valence-electron chi connectivity index (χ1n) is 13.3. The molecule has 40 heavy (non-hydrogen) atoms. The first-order valence-corrected chi connectivity index (χ1v) is 16.2. The van der Waals surface area contributed by atoms with Crippen LogP contribution in [0.1, 0.15) is 57.4 Å². The first-order chi connectivity index (χ1) is 18.9. The van der Waals surface area contributed by atoms with E-state index in [9.17, 15) is 18.0 Å². The second kappa shape index (κ2) is 14.6. The van der Waals surface area contributed by atoms with E-state index in [4.69, 9.17) is 39.5 Å². The topological polar surface area (TPSA) is 96.0 Å². The molecule has 2 aromatic carbocycles. The fourth-order valence-corrected chi connectivity index (χ4v) is 6.55. The van der Waals surface area contributed by atoms with Crippen molar-refractivity contribution in [2.24, 2.45) is 0 Å². The van der Waals surface area contributed by atoms with E-state index in [-0.39, 0.29) is 48.8 Å². The fourth-order valence-electron chi connectivity index (χ4n) is 4.82. The van der Waals surface area contributed by atoms with Gasteiger partial charge in [-0.15, -0.1) is 0 Å². The van der Waals surface area contributed by atoms with E-state index in [0.29, 0.717) is 27.0 Å². The lowest BCUT2D eigenvalue weighted by molar-refractivity contribution is -0.141. The van der Waals surface area contributed by atoms with Gasteiger partial charge in [0.05, 0.1) is 24.1 Å². The molecule has 0 radical (unpaired) electrons. The lowest BCUT2D eigenvalue weighted by atomic mass is 9.95. The normalized spacial score (nSPS) is 14.8. The Bertz CT molecular complexity index is 1280. The van der Waals surface area contributed by atoms with Crippen molar-refractivity contribution in [3.8, 4) is 5.75 Å². The zero-order valence-corrected chi connectivity index (χ0v) is 26.0. The number of halogens is 3. The minimum atomic E-state index is -3.67. The fraction of sp³-hybridized carbons (Fsp3) is 0.500. The Labute approximate surface area is 251 Å². The van der Waals surface area contributed by atoms with Crippen LogP contribution in [0.2, 0.25) is 15.1 Å². The molecular formula is C28H36Cl3N3O5S. The molecule has 1 fully saturated rings. The van der Waals surface area contributed by atoms with E-state index in [1.807, 2.05) is 0 Å². The standard InChI is InChI=1S/C28H36Cl3N3O5S/c1-19(28(36)32-20-9-5-4-6-10-20)33(18-22-23(29)11-7-12-24(22)30)27(35)13-8-16-34(40(3,37)38)21-14-15-26(39-2)25(31)17-21/h7,11-12,14-15,17,19-20H,4-6,8-10,13,16,18H2,1-3H3,(H,32,36)/t19-/m1/s1. The maximum absolute atomic E-state index is 13.6. The molecule has 1 aliphatic rings. The number of amides is 2. The minimum Gasteiger partial charge on any atom is -0.495 e. The lowest BCUT2D eigenvalue weighted by Gasteiger charge is -2.32. The van der Waals surface area contributed by atoms with Crippen molar-refractivity contribution in [1.29, 1.82) is 0 Å². The summed E-state index contributed by atoms with van der Waals surface area (Å²) < 4.78 is 31.5. The second-order valence-corrected chi connectivity index (χ2v) is 13.1. The van der Waals surface area contributed by atoms with Crippen molar-refractivity contribution < 1.29 is 22.7 Å². The highest BCUT2D eigenvalue weighted by Gasteiger charge is 2.29. The van der Waals surface area contributed by atoms with Gasteiger partial charge >= 0.3 is 0 Å². The number of hydrogen-bond acceptors (Lipinski definition) is 5. The maximum atomic E-state index is 13.6. The van der Waals surface area contributed by atoms with Crippen LogP contribution in [0.4, 0.5) is 5.69 Å². The Kier molecular flexibility index (Phi) is 11.8. The predicted molar refractivity (Wildman–Crippen MR) is 161 cm³/mol. The molecular weight excluding hydrogens is 597 g/mol. The minimum absolute atomic E-state index is 0.000965. The molecule has 0 aliphatic heterocycles. The van der Waals surface area contributed by atoms with Crippen molar-refractivity contribution in [2.75, 3.05) is 24.2 Å². The van der Waals surface area contributed by atoms with E-state index in [1.54, 1.807) is 37.3 Å². The van der Waals surface area contributed by atoms with Crippen LogP contribution in [-0.2, 0) is 26.2 Å². The Morgan fingerprint density at radius 3 is 2.27 bits per heavy atom. The average Bonchev–Trinajstić information content (AvgIpc) is 2.90. The number of carbonyl (C=O) groups is 2. The third-order valence-electron chi connectivity index (χ3n) is 7.08. The van der Waals surface area contributed by atoms with Crippen LogP contribution in [0.3, 0.4) is 0 Å². The summed E-state index contributed by atoms with van der Waals surface area (Å²) in [4.78, 5) is 28.2. The van der Waals surface area contributed by atoms with E-state index in [2.05, 4.69) is 5.32 Å². The average molecular weight is 633 g/mol. The van der Waals surface area contributed by atoms with Gasteiger partial charge in [0.1, 0.15) is 11.8 Å². The van der Waals surface area contributed by atoms with Crippen LogP contribution in [0.15, 0.2) is 36.4 Å². The molecule has 0 saturated heterocycles. The lowest BCUT2D eigenvalue weighted by Crippen LogP contribution is -2.50. The number of carbonyl (C=O) groups excluding carboxylic acids is 2. The maximum Gasteiger partial charge on any atom is 0.242 e. The van der Waals surface area contributed by atoms with Crippen LogP contribution in [0.25, 0.3) is 0 Å². The van der Waals surface area contributed by atoms with Crippen molar-refractivity contribution in [2.45, 2.75) is 70.5 Å². The van der Waals surface area contributed by atoms with Crippen LogP contribution in [0, 0.1) is 0 Å². The number of benzene rings is 2. The summed E-state index contributed by atoms with van der Waals surface area (Å²) in [6, 6.07) is 9.07. The molecule has 1 N–H and O–H groups in total. The Balaban J connectivity index is 1.77. The zero-order chi connectivity index (χ0) is 29.4. The molecule has 0 heterocycles. The summed E-state index contributed by atoms with van der Waals surface area (Å²) in [5, 5.41) is 4.15. The smallest absolute Gasteiger partial charge is 0.242 e. The number of ether oxygens (including phenoxy) is 1. The zero-order valence-electron chi connectivity index (χ0n) is 23.0. The number of methoxy groups -OCH3 is 1. The van der Waals surface area contributed by atoms with Gasteiger partial charge in [0, 0.05) is 41.2 Å². The number of hydrogen-bond donors (Lipinski definition) is 1. The Morgan fingerprint density at radius 1 is 1.05 bits per heavy atom. The molecule has 1 saturated carbocycles. The van der Waals surface area contributed by atoms with Gasteiger partial charge in [0.25, 0.3) is 0 Å². The van der Waals surface area contributed by atoms with Crippen molar-refractivity contribution >= 4 is 62.3 Å². The molecule has 1 aliphatic carbocycles. The molecule has 220 valence electrons. The van der Waals surface area contributed by atoms with Crippen molar-refractivity contribution in [3.63, 3.8) is 0 Å². The van der Waals surface area contributed by atoms with E-state index >= 15 is 0 Å². The van der Waals surface area contributed by atoms with Crippen molar-refractivity contribution in [1.82, 2.24) is 10.2 Å². The Morgan fingerprint density at radius 2 is 1.70 bits per heavy atom. The highest BCUT2D eigenvalue weighted by Crippen LogP contribution is 2.31. The van der Waals surface area contributed by atoms with Gasteiger partial charge in [-0.2, -0.15) is 0 Å². The van der Waals surface area contributed by atoms with Crippen LogP contribution >= 0.6 is 34.8 Å². The molecule has 8 nitrogen and oxygen atoms in total. The summed E-state index contributed by atoms with van der Waals surface area (Å²) in [5.74, 6) is -0.138. The molecule has 0 bridgehead atoms. The van der Waals surface area contributed by atoms with Gasteiger partial charge in [-0.05, 0) is 56.5 Å². The highest BCUT2D eigenvalue weighted by atomic mass is 35.5. The van der Waals surface area contributed by atoms with Gasteiger partial charge in [0.15, 0.2) is 0 Å². The summed E-state index contributed by atoms with van der Waals surface area (Å²) >= 11 is 19.0. The predicted octanol–water partition coefficient (Wildman–Crippen LogP) is 6.07. The monoisotopic (exact) mass is 631 g/mol. The third kappa shape index (κ3) is 8.65. The molecule has 0 aromatic heterocycles. The summed E-state index contributed by atoms with van der Waals surface area (Å²) in [6.07, 6.45) is 6.42. The largest absolute Gasteiger partial charge is 0.495 e. The van der Waals surface area contributed by atoms with E-state index in [1.165, 1.54) is 22.4 Å². The highest BCUT2D eigenvalue weighted by molar-refractivity contribution is 7.92. The SMILES string of the molecule is COc1ccc(N(CCCC(=O)N(Cc2c(Cl)cccc2Cl)[C@H](C)C(=O)NC2CCCCC2)S(C)(=O)=O)cc1Cl. The summed E-state index contributed by atoms with van der Waals surface area (Å²) in [7, 11) is -2.20.